The van der Waals surface area contributed by atoms with E-state index in [2.05, 4.69) is 10.6 Å². The second-order valence-corrected chi connectivity index (χ2v) is 7.61. The molecular weight excluding hydrogens is 374 g/mol. The Morgan fingerprint density at radius 3 is 2.03 bits per heavy atom. The lowest BCUT2D eigenvalue weighted by atomic mass is 9.99. The molecule has 5 heteroatoms. The number of hydrogen-bond acceptors (Lipinski definition) is 2. The number of nitrogens with zero attached hydrogens (tertiary/aromatic N) is 1. The maximum Gasteiger partial charge on any atom is 0.315 e. The van der Waals surface area contributed by atoms with Crippen LogP contribution in [0.25, 0.3) is 0 Å². The predicted octanol–water partition coefficient (Wildman–Crippen LogP) is 4.19. The molecule has 0 radical (unpaired) electrons. The second kappa shape index (κ2) is 8.82. The average molecular weight is 399 g/mol. The van der Waals surface area contributed by atoms with Crippen LogP contribution < -0.4 is 15.5 Å². The summed E-state index contributed by atoms with van der Waals surface area (Å²) in [5, 5.41) is 6.05. The van der Waals surface area contributed by atoms with Gasteiger partial charge in [-0.1, -0.05) is 78.4 Å². The van der Waals surface area contributed by atoms with Crippen molar-refractivity contribution < 1.29 is 9.59 Å². The number of carbonyl (C=O) groups is 2. The summed E-state index contributed by atoms with van der Waals surface area (Å²) in [4.78, 5) is 27.0. The third-order valence-electron chi connectivity index (χ3n) is 5.35. The van der Waals surface area contributed by atoms with Gasteiger partial charge in [-0.25, -0.2) is 4.79 Å². The van der Waals surface area contributed by atoms with E-state index in [0.29, 0.717) is 13.0 Å². The molecule has 4 rings (SSSR count). The van der Waals surface area contributed by atoms with Crippen molar-refractivity contribution in [1.82, 2.24) is 10.6 Å². The van der Waals surface area contributed by atoms with Crippen LogP contribution in [0.4, 0.5) is 10.5 Å². The van der Waals surface area contributed by atoms with Gasteiger partial charge in [0.15, 0.2) is 0 Å². The second-order valence-electron chi connectivity index (χ2n) is 7.61. The topological polar surface area (TPSA) is 61.4 Å². The summed E-state index contributed by atoms with van der Waals surface area (Å²) < 4.78 is 0. The summed E-state index contributed by atoms with van der Waals surface area (Å²) in [7, 11) is 0. The Hall–Kier alpha value is -3.60. The zero-order chi connectivity index (χ0) is 20.9. The quantitative estimate of drug-likeness (QED) is 0.676. The van der Waals surface area contributed by atoms with Gasteiger partial charge in [-0.2, -0.15) is 0 Å². The van der Waals surface area contributed by atoms with Crippen LogP contribution in [0.1, 0.15) is 29.2 Å². The van der Waals surface area contributed by atoms with Crippen molar-refractivity contribution in [2.45, 2.75) is 25.4 Å². The summed E-state index contributed by atoms with van der Waals surface area (Å²) >= 11 is 0. The van der Waals surface area contributed by atoms with Crippen molar-refractivity contribution in [3.8, 4) is 0 Å². The first-order valence-corrected chi connectivity index (χ1v) is 10.1. The Kier molecular flexibility index (Phi) is 5.80. The van der Waals surface area contributed by atoms with Crippen molar-refractivity contribution >= 4 is 17.6 Å². The van der Waals surface area contributed by atoms with Gasteiger partial charge in [-0.05, 0) is 30.2 Å². The van der Waals surface area contributed by atoms with Gasteiger partial charge in [0.25, 0.3) is 0 Å². The molecule has 2 N–H and O–H groups in total. The summed E-state index contributed by atoms with van der Waals surface area (Å²) in [6.07, 6.45) is 0.294. The zero-order valence-corrected chi connectivity index (χ0v) is 16.9. The highest BCUT2D eigenvalue weighted by atomic mass is 16.2. The number of nitrogens with one attached hydrogen (secondary N) is 2. The van der Waals surface area contributed by atoms with E-state index in [1.807, 2.05) is 91.9 Å². The van der Waals surface area contributed by atoms with Gasteiger partial charge < -0.3 is 15.5 Å². The first kappa shape index (κ1) is 19.7. The number of aryl methyl sites for hydroxylation is 1. The molecule has 1 aliphatic heterocycles. The molecule has 1 aliphatic rings. The summed E-state index contributed by atoms with van der Waals surface area (Å²) in [5.41, 5.74) is 4.01. The minimum absolute atomic E-state index is 0.0202. The number of amides is 3. The Morgan fingerprint density at radius 1 is 0.900 bits per heavy atom. The van der Waals surface area contributed by atoms with Gasteiger partial charge >= 0.3 is 6.03 Å². The third-order valence-corrected chi connectivity index (χ3v) is 5.35. The predicted molar refractivity (Wildman–Crippen MR) is 118 cm³/mol. The Balaban J connectivity index is 1.44. The van der Waals surface area contributed by atoms with E-state index in [4.69, 9.17) is 0 Å². The van der Waals surface area contributed by atoms with E-state index in [-0.39, 0.29) is 24.0 Å². The number of rotatable bonds is 5. The molecule has 0 aromatic heterocycles. The van der Waals surface area contributed by atoms with E-state index >= 15 is 0 Å². The third kappa shape index (κ3) is 4.51. The van der Waals surface area contributed by atoms with Crippen LogP contribution >= 0.6 is 0 Å². The molecule has 3 amide bonds. The van der Waals surface area contributed by atoms with Gasteiger partial charge in [0, 0.05) is 18.7 Å². The van der Waals surface area contributed by atoms with E-state index in [0.717, 1.165) is 22.4 Å². The van der Waals surface area contributed by atoms with Crippen LogP contribution in [0, 0.1) is 6.92 Å². The summed E-state index contributed by atoms with van der Waals surface area (Å²) in [5.74, 6) is 0.0202. The molecule has 5 nitrogen and oxygen atoms in total. The Morgan fingerprint density at radius 2 is 1.47 bits per heavy atom. The van der Waals surface area contributed by atoms with E-state index in [9.17, 15) is 9.59 Å². The van der Waals surface area contributed by atoms with Crippen LogP contribution in [0.15, 0.2) is 84.9 Å². The normalized spacial score (nSPS) is 16.0. The minimum atomic E-state index is -0.281. The maximum absolute atomic E-state index is 12.8. The lowest BCUT2D eigenvalue weighted by Gasteiger charge is -2.22. The smallest absolute Gasteiger partial charge is 0.315 e. The van der Waals surface area contributed by atoms with Gasteiger partial charge in [-0.3, -0.25) is 4.79 Å². The van der Waals surface area contributed by atoms with E-state index < -0.39 is 0 Å². The first-order chi connectivity index (χ1) is 14.6. The summed E-state index contributed by atoms with van der Waals surface area (Å²) in [6, 6.07) is 26.8. The number of hydrogen-bond donors (Lipinski definition) is 2. The Bertz CT molecular complexity index is 964. The van der Waals surface area contributed by atoms with Crippen molar-refractivity contribution in [3.05, 3.63) is 102 Å². The standard InChI is InChI=1S/C25H25N3O2/c1-18-12-14-22(15-13-18)28-17-21(16-23(28)29)26-25(30)27-24(19-8-4-2-5-9-19)20-10-6-3-7-11-20/h2-15,21,24H,16-17H2,1H3,(H2,26,27,30). The van der Waals surface area contributed by atoms with Crippen molar-refractivity contribution in [2.75, 3.05) is 11.4 Å². The fourth-order valence-corrected chi connectivity index (χ4v) is 3.79. The number of benzene rings is 3. The molecule has 0 spiro atoms. The van der Waals surface area contributed by atoms with Crippen LogP contribution in [0.2, 0.25) is 0 Å². The zero-order valence-electron chi connectivity index (χ0n) is 16.9. The molecule has 3 aromatic rings. The SMILES string of the molecule is Cc1ccc(N2CC(NC(=O)NC(c3ccccc3)c3ccccc3)CC2=O)cc1. The number of anilines is 1. The number of urea groups is 1. The van der Waals surface area contributed by atoms with Crippen LogP contribution in [0.5, 0.6) is 0 Å². The fourth-order valence-electron chi connectivity index (χ4n) is 3.79. The highest BCUT2D eigenvalue weighted by molar-refractivity contribution is 5.96. The van der Waals surface area contributed by atoms with E-state index in [1.165, 1.54) is 0 Å². The summed E-state index contributed by atoms with van der Waals surface area (Å²) in [6.45, 7) is 2.48. The molecule has 30 heavy (non-hydrogen) atoms. The fraction of sp³-hybridized carbons (Fsp3) is 0.200. The van der Waals surface area contributed by atoms with Crippen molar-refractivity contribution in [3.63, 3.8) is 0 Å². The highest BCUT2D eigenvalue weighted by Gasteiger charge is 2.32. The van der Waals surface area contributed by atoms with E-state index in [1.54, 1.807) is 4.90 Å². The van der Waals surface area contributed by atoms with Crippen LogP contribution in [0.3, 0.4) is 0 Å². The van der Waals surface area contributed by atoms with Gasteiger partial charge in [-0.15, -0.1) is 0 Å². The maximum atomic E-state index is 12.8. The molecule has 1 heterocycles. The van der Waals surface area contributed by atoms with Gasteiger partial charge in [0.05, 0.1) is 12.1 Å². The molecular formula is C25H25N3O2. The van der Waals surface area contributed by atoms with Gasteiger partial charge in [0.2, 0.25) is 5.91 Å². The lowest BCUT2D eigenvalue weighted by molar-refractivity contribution is -0.117. The molecule has 0 saturated carbocycles. The molecule has 0 aliphatic carbocycles. The average Bonchev–Trinajstić information content (AvgIpc) is 3.13. The monoisotopic (exact) mass is 399 g/mol. The van der Waals surface area contributed by atoms with Gasteiger partial charge in [0.1, 0.15) is 0 Å². The highest BCUT2D eigenvalue weighted by Crippen LogP contribution is 2.23. The molecule has 152 valence electrons. The number of carbonyl (C=O) groups excluding carboxylic acids is 2. The van der Waals surface area contributed by atoms with Crippen LogP contribution in [-0.2, 0) is 4.79 Å². The van der Waals surface area contributed by atoms with Crippen molar-refractivity contribution in [2.24, 2.45) is 0 Å². The largest absolute Gasteiger partial charge is 0.333 e. The first-order valence-electron chi connectivity index (χ1n) is 10.1. The molecule has 0 bridgehead atoms. The minimum Gasteiger partial charge on any atom is -0.333 e. The molecule has 1 atom stereocenters. The Labute approximate surface area is 176 Å². The molecule has 1 unspecified atom stereocenters. The van der Waals surface area contributed by atoms with Crippen LogP contribution in [-0.4, -0.2) is 24.5 Å². The van der Waals surface area contributed by atoms with Crippen molar-refractivity contribution in [1.29, 1.82) is 0 Å². The molecule has 1 saturated heterocycles. The molecule has 1 fully saturated rings. The molecule has 3 aromatic carbocycles. The lowest BCUT2D eigenvalue weighted by Crippen LogP contribution is -2.44.